The molecule has 2 amide bonds. The molecule has 1 aliphatic heterocycles. The standard InChI is InChI=1S/C10H4Br3NO2/c11-6-1-4(2-7(12)9(6)13)5-3-8(15)14-10(5)16/h1-3H,(H,14,15,16). The molecule has 0 saturated carbocycles. The number of carbonyl (C=O) groups is 2. The SMILES string of the molecule is O=C1C=C(c2cc(Br)c(Br)c(Br)c2)C(=O)N1. The molecule has 0 bridgehead atoms. The van der Waals surface area contributed by atoms with Crippen molar-refractivity contribution in [3.8, 4) is 0 Å². The van der Waals surface area contributed by atoms with Gasteiger partial charge in [-0.1, -0.05) is 0 Å². The Kier molecular flexibility index (Phi) is 3.32. The minimum Gasteiger partial charge on any atom is -0.289 e. The number of hydrogen-bond donors (Lipinski definition) is 1. The number of benzene rings is 1. The molecule has 1 heterocycles. The van der Waals surface area contributed by atoms with Gasteiger partial charge in [-0.05, 0) is 65.5 Å². The zero-order valence-electron chi connectivity index (χ0n) is 7.68. The second kappa shape index (κ2) is 4.43. The number of hydrogen-bond acceptors (Lipinski definition) is 2. The number of rotatable bonds is 1. The van der Waals surface area contributed by atoms with Crippen LogP contribution in [0.4, 0.5) is 0 Å². The highest BCUT2D eigenvalue weighted by molar-refractivity contribution is 9.14. The van der Waals surface area contributed by atoms with Crippen LogP contribution in [-0.2, 0) is 9.59 Å². The van der Waals surface area contributed by atoms with Crippen LogP contribution in [0.2, 0.25) is 0 Å². The number of carbonyl (C=O) groups excluding carboxylic acids is 2. The van der Waals surface area contributed by atoms with E-state index in [0.717, 1.165) is 13.4 Å². The number of imide groups is 1. The molecule has 0 aromatic heterocycles. The van der Waals surface area contributed by atoms with E-state index in [1.54, 1.807) is 12.1 Å². The predicted octanol–water partition coefficient (Wildman–Crippen LogP) is 3.01. The third-order valence-electron chi connectivity index (χ3n) is 2.05. The molecule has 1 aromatic rings. The summed E-state index contributed by atoms with van der Waals surface area (Å²) in [6.07, 6.45) is 1.30. The summed E-state index contributed by atoms with van der Waals surface area (Å²) in [7, 11) is 0. The van der Waals surface area contributed by atoms with Crippen molar-refractivity contribution in [3.05, 3.63) is 37.2 Å². The van der Waals surface area contributed by atoms with Crippen LogP contribution in [0.15, 0.2) is 31.6 Å². The van der Waals surface area contributed by atoms with Crippen molar-refractivity contribution in [2.45, 2.75) is 0 Å². The topological polar surface area (TPSA) is 46.2 Å². The van der Waals surface area contributed by atoms with E-state index in [4.69, 9.17) is 0 Å². The average Bonchev–Trinajstić information content (AvgIpc) is 2.53. The minimum atomic E-state index is -0.379. The maximum atomic E-state index is 11.5. The molecule has 0 spiro atoms. The van der Waals surface area contributed by atoms with E-state index in [-0.39, 0.29) is 11.8 Å². The van der Waals surface area contributed by atoms with Crippen LogP contribution in [0.1, 0.15) is 5.56 Å². The molecule has 0 saturated heterocycles. The van der Waals surface area contributed by atoms with E-state index in [9.17, 15) is 9.59 Å². The largest absolute Gasteiger partial charge is 0.289 e. The fraction of sp³-hybridized carbons (Fsp3) is 0. The van der Waals surface area contributed by atoms with Crippen molar-refractivity contribution in [2.24, 2.45) is 0 Å². The van der Waals surface area contributed by atoms with Crippen molar-refractivity contribution in [1.82, 2.24) is 5.32 Å². The Balaban J connectivity index is 2.54. The molecule has 2 rings (SSSR count). The van der Waals surface area contributed by atoms with Gasteiger partial charge in [0.05, 0.1) is 5.57 Å². The Bertz CT molecular complexity index is 514. The second-order valence-corrected chi connectivity index (χ2v) is 5.63. The molecule has 0 unspecified atom stereocenters. The molecule has 1 N–H and O–H groups in total. The first-order valence-electron chi connectivity index (χ1n) is 4.21. The maximum absolute atomic E-state index is 11.5. The van der Waals surface area contributed by atoms with Crippen molar-refractivity contribution >= 4 is 65.2 Å². The Hall–Kier alpha value is -0.460. The van der Waals surface area contributed by atoms with E-state index in [1.807, 2.05) is 0 Å². The fourth-order valence-electron chi connectivity index (χ4n) is 1.34. The Morgan fingerprint density at radius 1 is 1.00 bits per heavy atom. The van der Waals surface area contributed by atoms with Gasteiger partial charge in [-0.25, -0.2) is 0 Å². The van der Waals surface area contributed by atoms with Gasteiger partial charge in [-0.2, -0.15) is 0 Å². The average molecular weight is 410 g/mol. The van der Waals surface area contributed by atoms with Gasteiger partial charge in [0.25, 0.3) is 11.8 Å². The molecule has 3 nitrogen and oxygen atoms in total. The summed E-state index contributed by atoms with van der Waals surface area (Å²) in [6, 6.07) is 3.55. The molecular formula is C10H4Br3NO2. The van der Waals surface area contributed by atoms with Crippen molar-refractivity contribution in [3.63, 3.8) is 0 Å². The highest BCUT2D eigenvalue weighted by Gasteiger charge is 2.23. The minimum absolute atomic E-state index is 0.369. The van der Waals surface area contributed by atoms with Gasteiger partial charge >= 0.3 is 0 Å². The van der Waals surface area contributed by atoms with Crippen LogP contribution < -0.4 is 5.32 Å². The molecule has 0 radical (unpaired) electrons. The van der Waals surface area contributed by atoms with E-state index < -0.39 is 0 Å². The summed E-state index contributed by atoms with van der Waals surface area (Å²) < 4.78 is 2.48. The highest BCUT2D eigenvalue weighted by atomic mass is 79.9. The molecule has 6 heteroatoms. The van der Waals surface area contributed by atoms with E-state index in [1.165, 1.54) is 6.08 Å². The van der Waals surface area contributed by atoms with Crippen LogP contribution in [0.25, 0.3) is 5.57 Å². The molecule has 0 fully saturated rings. The lowest BCUT2D eigenvalue weighted by molar-refractivity contribution is -0.123. The Morgan fingerprint density at radius 3 is 2.00 bits per heavy atom. The normalized spacial score (nSPS) is 15.1. The lowest BCUT2D eigenvalue weighted by atomic mass is 10.1. The quantitative estimate of drug-likeness (QED) is 0.572. The van der Waals surface area contributed by atoms with Gasteiger partial charge in [-0.15, -0.1) is 0 Å². The summed E-state index contributed by atoms with van der Waals surface area (Å²) in [5.41, 5.74) is 1.06. The highest BCUT2D eigenvalue weighted by Crippen LogP contribution is 2.34. The summed E-state index contributed by atoms with van der Waals surface area (Å²) in [4.78, 5) is 22.5. The van der Waals surface area contributed by atoms with E-state index in [0.29, 0.717) is 11.1 Å². The van der Waals surface area contributed by atoms with Crippen LogP contribution in [-0.4, -0.2) is 11.8 Å². The zero-order valence-corrected chi connectivity index (χ0v) is 12.4. The van der Waals surface area contributed by atoms with Crippen LogP contribution in [0.3, 0.4) is 0 Å². The first-order valence-corrected chi connectivity index (χ1v) is 6.59. The summed E-state index contributed by atoms with van der Waals surface area (Å²) in [5.74, 6) is -0.749. The zero-order chi connectivity index (χ0) is 11.9. The van der Waals surface area contributed by atoms with Crippen molar-refractivity contribution < 1.29 is 9.59 Å². The molecule has 16 heavy (non-hydrogen) atoms. The number of nitrogens with one attached hydrogen (secondary N) is 1. The van der Waals surface area contributed by atoms with Crippen LogP contribution in [0.5, 0.6) is 0 Å². The van der Waals surface area contributed by atoms with Gasteiger partial charge < -0.3 is 0 Å². The smallest absolute Gasteiger partial charge is 0.258 e. The van der Waals surface area contributed by atoms with Gasteiger partial charge in [0, 0.05) is 19.5 Å². The second-order valence-electron chi connectivity index (χ2n) is 3.13. The molecule has 82 valence electrons. The first kappa shape index (κ1) is 12.0. The summed E-state index contributed by atoms with van der Waals surface area (Å²) in [5, 5.41) is 2.21. The van der Waals surface area contributed by atoms with Crippen LogP contribution >= 0.6 is 47.8 Å². The Morgan fingerprint density at radius 2 is 1.56 bits per heavy atom. The summed E-state index contributed by atoms with van der Waals surface area (Å²) >= 11 is 10.1. The lowest BCUT2D eigenvalue weighted by Gasteiger charge is -2.05. The molecule has 0 aliphatic carbocycles. The van der Waals surface area contributed by atoms with Gasteiger partial charge in [0.15, 0.2) is 0 Å². The third kappa shape index (κ3) is 2.14. The monoisotopic (exact) mass is 407 g/mol. The molecule has 0 atom stereocenters. The first-order chi connectivity index (χ1) is 7.49. The molecular weight excluding hydrogens is 406 g/mol. The number of halogens is 3. The lowest BCUT2D eigenvalue weighted by Crippen LogP contribution is -2.21. The van der Waals surface area contributed by atoms with Gasteiger partial charge in [-0.3, -0.25) is 14.9 Å². The maximum Gasteiger partial charge on any atom is 0.258 e. The number of amides is 2. The van der Waals surface area contributed by atoms with Gasteiger partial charge in [0.2, 0.25) is 0 Å². The third-order valence-corrected chi connectivity index (χ3v) is 5.22. The van der Waals surface area contributed by atoms with Gasteiger partial charge in [0.1, 0.15) is 0 Å². The molecule has 1 aliphatic rings. The fourth-order valence-corrected chi connectivity index (χ4v) is 2.75. The predicted molar refractivity (Wildman–Crippen MR) is 70.7 cm³/mol. The van der Waals surface area contributed by atoms with E-state index >= 15 is 0 Å². The molecule has 1 aromatic carbocycles. The van der Waals surface area contributed by atoms with Crippen LogP contribution in [0, 0.1) is 0 Å². The van der Waals surface area contributed by atoms with Crippen molar-refractivity contribution in [1.29, 1.82) is 0 Å². The van der Waals surface area contributed by atoms with Crippen molar-refractivity contribution in [2.75, 3.05) is 0 Å². The van der Waals surface area contributed by atoms with E-state index in [2.05, 4.69) is 53.1 Å². The Labute approximate surface area is 117 Å². The summed E-state index contributed by atoms with van der Waals surface area (Å²) in [6.45, 7) is 0.